The number of rotatable bonds is 10. The lowest BCUT2D eigenvalue weighted by molar-refractivity contribution is -0.318. The SMILES string of the molecule is COc1ccc([C@@H]2OC[C@H]3[C@@H]2CO[C@@H]3c2ccc(O[C@@H]3O[C@H](CO[C@@H]4O[C@@H](C)[C@H](O)[C@@H](O)[C@H]4O)[C@@H](O)[C@H](O)[C@H]3O)c(OC)c2)cc1OC. The lowest BCUT2D eigenvalue weighted by atomic mass is 9.85. The van der Waals surface area contributed by atoms with E-state index < -0.39 is 68.0 Å². The summed E-state index contributed by atoms with van der Waals surface area (Å²) in [5, 5.41) is 62.1. The maximum absolute atomic E-state index is 10.7. The van der Waals surface area contributed by atoms with Crippen LogP contribution in [-0.4, -0.2) is 133 Å². The molecule has 266 valence electrons. The van der Waals surface area contributed by atoms with E-state index >= 15 is 0 Å². The number of ether oxygens (including phenoxy) is 9. The zero-order valence-electron chi connectivity index (χ0n) is 27.0. The zero-order valence-corrected chi connectivity index (χ0v) is 27.0. The van der Waals surface area contributed by atoms with E-state index in [0.717, 1.165) is 11.1 Å². The molecular weight excluding hydrogens is 636 g/mol. The van der Waals surface area contributed by atoms with Gasteiger partial charge in [-0.2, -0.15) is 0 Å². The molecule has 0 saturated carbocycles. The summed E-state index contributed by atoms with van der Waals surface area (Å²) in [4.78, 5) is 0. The summed E-state index contributed by atoms with van der Waals surface area (Å²) in [6.07, 6.45) is -14.6. The lowest BCUT2D eigenvalue weighted by Crippen LogP contribution is -2.61. The van der Waals surface area contributed by atoms with Gasteiger partial charge in [0.25, 0.3) is 0 Å². The van der Waals surface area contributed by atoms with Gasteiger partial charge in [0.1, 0.15) is 42.7 Å². The molecule has 15 nitrogen and oxygen atoms in total. The number of hydrogen-bond donors (Lipinski definition) is 6. The van der Waals surface area contributed by atoms with Crippen LogP contribution in [0.1, 0.15) is 30.3 Å². The quantitative estimate of drug-likeness (QED) is 0.193. The molecule has 6 rings (SSSR count). The van der Waals surface area contributed by atoms with E-state index in [9.17, 15) is 30.6 Å². The molecule has 2 aromatic rings. The van der Waals surface area contributed by atoms with Crippen LogP contribution in [0, 0.1) is 11.8 Å². The Balaban J connectivity index is 1.12. The van der Waals surface area contributed by atoms with Crippen LogP contribution in [-0.2, 0) is 23.7 Å². The number of methoxy groups -OCH3 is 3. The van der Waals surface area contributed by atoms with Crippen LogP contribution >= 0.6 is 0 Å². The fourth-order valence-electron chi connectivity index (χ4n) is 6.84. The molecule has 0 aliphatic carbocycles. The standard InChI is InChI=1S/C33H44O15/c1-14-24(34)26(36)28(38)32(46-14)45-13-23-25(35)27(37)29(39)33(48-23)47-20-8-6-16(10-22(20)42-4)31-18-12-43-30(17(18)11-44-31)15-5-7-19(40-2)21(9-15)41-3/h5-10,14,17-18,23-39H,11-13H2,1-4H3/t14-,17-,18-,23+,24-,25+,26+,27-,28+,29+,30-,31+,32+,33+/m0/s1. The molecule has 4 aliphatic rings. The van der Waals surface area contributed by atoms with Gasteiger partial charge >= 0.3 is 0 Å². The largest absolute Gasteiger partial charge is 0.493 e. The smallest absolute Gasteiger partial charge is 0.229 e. The summed E-state index contributed by atoms with van der Waals surface area (Å²) in [6.45, 7) is 2.07. The molecule has 4 aliphatic heterocycles. The van der Waals surface area contributed by atoms with Crippen molar-refractivity contribution in [2.24, 2.45) is 11.8 Å². The Morgan fingerprint density at radius 1 is 0.604 bits per heavy atom. The molecule has 4 saturated heterocycles. The first-order valence-electron chi connectivity index (χ1n) is 15.9. The van der Waals surface area contributed by atoms with Crippen LogP contribution in [0.5, 0.6) is 23.0 Å². The van der Waals surface area contributed by atoms with Gasteiger partial charge in [0.05, 0.1) is 59.5 Å². The van der Waals surface area contributed by atoms with Crippen LogP contribution in [0.25, 0.3) is 0 Å². The number of fused-ring (bicyclic) bond motifs is 1. The highest BCUT2D eigenvalue weighted by molar-refractivity contribution is 5.45. The molecule has 15 heteroatoms. The third-order valence-electron chi connectivity index (χ3n) is 9.66. The van der Waals surface area contributed by atoms with Crippen LogP contribution < -0.4 is 18.9 Å². The monoisotopic (exact) mass is 680 g/mol. The van der Waals surface area contributed by atoms with Crippen molar-refractivity contribution in [3.8, 4) is 23.0 Å². The number of aliphatic hydroxyl groups excluding tert-OH is 6. The van der Waals surface area contributed by atoms with E-state index in [0.29, 0.717) is 30.5 Å². The number of hydrogen-bond acceptors (Lipinski definition) is 15. The van der Waals surface area contributed by atoms with Gasteiger partial charge in [-0.25, -0.2) is 0 Å². The van der Waals surface area contributed by atoms with Gasteiger partial charge in [-0.3, -0.25) is 0 Å². The minimum atomic E-state index is -1.67. The summed E-state index contributed by atoms with van der Waals surface area (Å²) in [6, 6.07) is 11.0. The van der Waals surface area contributed by atoms with Gasteiger partial charge < -0.3 is 73.3 Å². The lowest BCUT2D eigenvalue weighted by Gasteiger charge is -2.42. The van der Waals surface area contributed by atoms with Crippen LogP contribution in [0.3, 0.4) is 0 Å². The first-order chi connectivity index (χ1) is 23.1. The summed E-state index contributed by atoms with van der Waals surface area (Å²) < 4.78 is 51.7. The molecule has 4 heterocycles. The molecule has 6 N–H and O–H groups in total. The first kappa shape index (κ1) is 35.0. The molecule has 0 aromatic heterocycles. The number of benzene rings is 2. The Kier molecular flexibility index (Phi) is 10.6. The summed E-state index contributed by atoms with van der Waals surface area (Å²) in [5.74, 6) is 1.95. The van der Waals surface area contributed by atoms with Crippen molar-refractivity contribution in [1.82, 2.24) is 0 Å². The van der Waals surface area contributed by atoms with Gasteiger partial charge in [-0.1, -0.05) is 12.1 Å². The molecule has 0 amide bonds. The Morgan fingerprint density at radius 3 is 1.71 bits per heavy atom. The maximum Gasteiger partial charge on any atom is 0.229 e. The van der Waals surface area contributed by atoms with Crippen LogP contribution in [0.15, 0.2) is 36.4 Å². The van der Waals surface area contributed by atoms with Crippen molar-refractivity contribution in [3.05, 3.63) is 47.5 Å². The van der Waals surface area contributed by atoms with Gasteiger partial charge in [0, 0.05) is 11.8 Å². The molecule has 14 atom stereocenters. The molecule has 0 unspecified atom stereocenters. The zero-order chi connectivity index (χ0) is 34.3. The van der Waals surface area contributed by atoms with Crippen molar-refractivity contribution < 1.29 is 73.3 Å². The predicted molar refractivity (Wildman–Crippen MR) is 163 cm³/mol. The minimum absolute atomic E-state index is 0.0690. The van der Waals surface area contributed by atoms with Gasteiger partial charge in [0.15, 0.2) is 29.3 Å². The highest BCUT2D eigenvalue weighted by atomic mass is 16.7. The first-order valence-corrected chi connectivity index (χ1v) is 15.9. The van der Waals surface area contributed by atoms with Gasteiger partial charge in [-0.05, 0) is 42.3 Å². The van der Waals surface area contributed by atoms with E-state index in [1.165, 1.54) is 14.0 Å². The molecule has 0 radical (unpaired) electrons. The topological polar surface area (TPSA) is 204 Å². The van der Waals surface area contributed by atoms with E-state index in [4.69, 9.17) is 42.6 Å². The van der Waals surface area contributed by atoms with E-state index in [1.54, 1.807) is 26.4 Å². The average molecular weight is 681 g/mol. The van der Waals surface area contributed by atoms with Crippen molar-refractivity contribution in [3.63, 3.8) is 0 Å². The molecule has 2 aromatic carbocycles. The highest BCUT2D eigenvalue weighted by Gasteiger charge is 2.49. The molecule has 4 fully saturated rings. The fourth-order valence-corrected chi connectivity index (χ4v) is 6.84. The average Bonchev–Trinajstić information content (AvgIpc) is 3.71. The second-order valence-electron chi connectivity index (χ2n) is 12.5. The van der Waals surface area contributed by atoms with Crippen LogP contribution in [0.2, 0.25) is 0 Å². The van der Waals surface area contributed by atoms with Crippen molar-refractivity contribution in [2.75, 3.05) is 41.2 Å². The van der Waals surface area contributed by atoms with Crippen molar-refractivity contribution >= 4 is 0 Å². The predicted octanol–water partition coefficient (Wildman–Crippen LogP) is -0.182. The van der Waals surface area contributed by atoms with E-state index in [-0.39, 0.29) is 29.8 Å². The van der Waals surface area contributed by atoms with Gasteiger partial charge in [0.2, 0.25) is 6.29 Å². The summed E-state index contributed by atoms with van der Waals surface area (Å²) in [7, 11) is 4.65. The van der Waals surface area contributed by atoms with Gasteiger partial charge in [-0.15, -0.1) is 0 Å². The molecule has 0 spiro atoms. The summed E-state index contributed by atoms with van der Waals surface area (Å²) in [5.41, 5.74) is 1.81. The number of aliphatic hydroxyl groups is 6. The Bertz CT molecular complexity index is 1390. The second-order valence-corrected chi connectivity index (χ2v) is 12.5. The molecular formula is C33H44O15. The molecule has 48 heavy (non-hydrogen) atoms. The second kappa shape index (κ2) is 14.6. The maximum atomic E-state index is 10.7. The normalized spacial score (nSPS) is 39.5. The Labute approximate surface area is 277 Å². The van der Waals surface area contributed by atoms with Crippen molar-refractivity contribution in [1.29, 1.82) is 0 Å². The third-order valence-corrected chi connectivity index (χ3v) is 9.66. The highest BCUT2D eigenvalue weighted by Crippen LogP contribution is 2.51. The Hall–Kier alpha value is -2.80. The fraction of sp³-hybridized carbons (Fsp3) is 0.636. The van der Waals surface area contributed by atoms with Crippen LogP contribution in [0.4, 0.5) is 0 Å². The Morgan fingerprint density at radius 2 is 1.12 bits per heavy atom. The van der Waals surface area contributed by atoms with Crippen molar-refractivity contribution in [2.45, 2.75) is 80.5 Å². The summed E-state index contributed by atoms with van der Waals surface area (Å²) >= 11 is 0. The third kappa shape index (κ3) is 6.57. The molecule has 0 bridgehead atoms. The minimum Gasteiger partial charge on any atom is -0.493 e. The van der Waals surface area contributed by atoms with E-state index in [1.807, 2.05) is 24.3 Å². The van der Waals surface area contributed by atoms with E-state index in [2.05, 4.69) is 0 Å².